The van der Waals surface area contributed by atoms with Crippen LogP contribution in [0.3, 0.4) is 0 Å². The Bertz CT molecular complexity index is 822. The van der Waals surface area contributed by atoms with Crippen molar-refractivity contribution in [1.82, 2.24) is 15.2 Å². The van der Waals surface area contributed by atoms with Crippen LogP contribution in [0.15, 0.2) is 57.9 Å². The van der Waals surface area contributed by atoms with Crippen molar-refractivity contribution in [3.63, 3.8) is 0 Å². The summed E-state index contributed by atoms with van der Waals surface area (Å²) in [6.07, 6.45) is 1.68. The van der Waals surface area contributed by atoms with E-state index in [1.807, 2.05) is 56.6 Å². The Kier molecular flexibility index (Phi) is 4.60. The first-order chi connectivity index (χ1) is 11.1. The first-order valence-electron chi connectivity index (χ1n) is 7.66. The first kappa shape index (κ1) is 15.5. The van der Waals surface area contributed by atoms with E-state index in [1.165, 1.54) is 0 Å². The van der Waals surface area contributed by atoms with E-state index in [4.69, 9.17) is 4.42 Å². The van der Waals surface area contributed by atoms with Crippen molar-refractivity contribution < 1.29 is 4.42 Å². The van der Waals surface area contributed by atoms with Gasteiger partial charge in [0, 0.05) is 24.2 Å². The predicted octanol–water partition coefficient (Wildman–Crippen LogP) is 2.51. The van der Waals surface area contributed by atoms with E-state index >= 15 is 0 Å². The highest BCUT2D eigenvalue weighted by Crippen LogP contribution is 2.17. The van der Waals surface area contributed by atoms with Crippen molar-refractivity contribution >= 4 is 10.9 Å². The number of aromatic nitrogens is 1. The van der Waals surface area contributed by atoms with E-state index in [1.54, 1.807) is 6.26 Å². The van der Waals surface area contributed by atoms with Gasteiger partial charge in [0.25, 0.3) is 5.56 Å². The zero-order valence-electron chi connectivity index (χ0n) is 13.4. The number of nitrogens with one attached hydrogen (secondary N) is 2. The average Bonchev–Trinajstić information content (AvgIpc) is 3.05. The molecule has 0 bridgehead atoms. The molecule has 2 aromatic heterocycles. The molecule has 23 heavy (non-hydrogen) atoms. The Labute approximate surface area is 134 Å². The Balaban J connectivity index is 1.70. The van der Waals surface area contributed by atoms with Crippen LogP contribution in [-0.4, -0.2) is 30.5 Å². The summed E-state index contributed by atoms with van der Waals surface area (Å²) in [5.41, 5.74) is 1.55. The van der Waals surface area contributed by atoms with E-state index in [0.29, 0.717) is 13.1 Å². The van der Waals surface area contributed by atoms with Gasteiger partial charge >= 0.3 is 0 Å². The average molecular weight is 311 g/mol. The fourth-order valence-electron chi connectivity index (χ4n) is 2.69. The lowest BCUT2D eigenvalue weighted by Crippen LogP contribution is -2.31. The minimum absolute atomic E-state index is 0.0457. The van der Waals surface area contributed by atoms with Crippen LogP contribution >= 0.6 is 0 Å². The standard InChI is InChI=1S/C18H21N3O2/c1-21(2)16(17-8-5-9-23-17)12-19-11-14-10-13-6-3-4-7-15(13)20-18(14)22/h3-10,16,19H,11-12H2,1-2H3,(H,20,22). The summed E-state index contributed by atoms with van der Waals surface area (Å²) >= 11 is 0. The van der Waals surface area contributed by atoms with Gasteiger partial charge in [-0.2, -0.15) is 0 Å². The number of hydrogen-bond donors (Lipinski definition) is 2. The van der Waals surface area contributed by atoms with Crippen molar-refractivity contribution in [2.24, 2.45) is 0 Å². The maximum atomic E-state index is 12.1. The van der Waals surface area contributed by atoms with Crippen molar-refractivity contribution in [3.8, 4) is 0 Å². The van der Waals surface area contributed by atoms with Gasteiger partial charge in [-0.3, -0.25) is 9.69 Å². The van der Waals surface area contributed by atoms with Crippen LogP contribution in [0.1, 0.15) is 17.4 Å². The molecule has 5 nitrogen and oxygen atoms in total. The Morgan fingerprint density at radius 2 is 2.04 bits per heavy atom. The molecular weight excluding hydrogens is 290 g/mol. The van der Waals surface area contributed by atoms with Gasteiger partial charge in [-0.05, 0) is 43.7 Å². The summed E-state index contributed by atoms with van der Waals surface area (Å²) in [4.78, 5) is 17.2. The highest BCUT2D eigenvalue weighted by Gasteiger charge is 2.16. The van der Waals surface area contributed by atoms with Crippen molar-refractivity contribution in [1.29, 1.82) is 0 Å². The van der Waals surface area contributed by atoms with Crippen LogP contribution in [0.25, 0.3) is 10.9 Å². The molecule has 1 aromatic carbocycles. The van der Waals surface area contributed by atoms with E-state index in [9.17, 15) is 4.79 Å². The molecular formula is C18H21N3O2. The lowest BCUT2D eigenvalue weighted by Gasteiger charge is -2.22. The Morgan fingerprint density at radius 1 is 1.22 bits per heavy atom. The van der Waals surface area contributed by atoms with Crippen molar-refractivity contribution in [3.05, 3.63) is 70.4 Å². The first-order valence-corrected chi connectivity index (χ1v) is 7.66. The number of likely N-dealkylation sites (N-methyl/N-ethyl adjacent to an activating group) is 1. The lowest BCUT2D eigenvalue weighted by molar-refractivity contribution is 0.250. The van der Waals surface area contributed by atoms with Crippen LogP contribution in [-0.2, 0) is 6.54 Å². The molecule has 0 aliphatic rings. The number of benzene rings is 1. The summed E-state index contributed by atoms with van der Waals surface area (Å²) in [6.45, 7) is 1.22. The molecule has 0 aliphatic carbocycles. The molecule has 1 unspecified atom stereocenters. The Morgan fingerprint density at radius 3 is 2.78 bits per heavy atom. The quantitative estimate of drug-likeness (QED) is 0.734. The number of hydrogen-bond acceptors (Lipinski definition) is 4. The molecule has 5 heteroatoms. The molecule has 0 aliphatic heterocycles. The molecule has 0 saturated heterocycles. The molecule has 0 spiro atoms. The van der Waals surface area contributed by atoms with Gasteiger partial charge in [0.1, 0.15) is 5.76 Å². The minimum Gasteiger partial charge on any atom is -0.468 e. The summed E-state index contributed by atoms with van der Waals surface area (Å²) in [5, 5.41) is 4.40. The number of nitrogens with zero attached hydrogens (tertiary/aromatic N) is 1. The minimum atomic E-state index is -0.0457. The molecule has 0 fully saturated rings. The highest BCUT2D eigenvalue weighted by molar-refractivity contribution is 5.78. The maximum Gasteiger partial charge on any atom is 0.252 e. The third-order valence-corrected chi connectivity index (χ3v) is 3.98. The van der Waals surface area contributed by atoms with Gasteiger partial charge in [-0.25, -0.2) is 0 Å². The van der Waals surface area contributed by atoms with Crippen LogP contribution in [0.4, 0.5) is 0 Å². The van der Waals surface area contributed by atoms with Crippen LogP contribution in [0, 0.1) is 0 Å². The maximum absolute atomic E-state index is 12.1. The second kappa shape index (κ2) is 6.81. The Hall–Kier alpha value is -2.37. The normalized spacial score (nSPS) is 12.8. The number of H-pyrrole nitrogens is 1. The van der Waals surface area contributed by atoms with Crippen LogP contribution in [0.2, 0.25) is 0 Å². The number of pyridine rings is 1. The van der Waals surface area contributed by atoms with E-state index in [2.05, 4.69) is 15.2 Å². The molecule has 2 N–H and O–H groups in total. The topological polar surface area (TPSA) is 61.3 Å². The van der Waals surface area contributed by atoms with Gasteiger partial charge in [0.15, 0.2) is 0 Å². The van der Waals surface area contributed by atoms with Gasteiger partial charge in [0.05, 0.1) is 12.3 Å². The van der Waals surface area contributed by atoms with E-state index in [-0.39, 0.29) is 11.6 Å². The number of furan rings is 1. The molecule has 3 rings (SSSR count). The molecule has 1 atom stereocenters. The summed E-state index contributed by atoms with van der Waals surface area (Å²) in [6, 6.07) is 13.7. The monoisotopic (exact) mass is 311 g/mol. The predicted molar refractivity (Wildman–Crippen MR) is 91.4 cm³/mol. The highest BCUT2D eigenvalue weighted by atomic mass is 16.3. The molecule has 120 valence electrons. The molecule has 0 radical (unpaired) electrons. The zero-order chi connectivity index (χ0) is 16.2. The number of rotatable bonds is 6. The molecule has 0 saturated carbocycles. The molecule has 2 heterocycles. The van der Waals surface area contributed by atoms with Gasteiger partial charge in [0.2, 0.25) is 0 Å². The third-order valence-electron chi connectivity index (χ3n) is 3.98. The lowest BCUT2D eigenvalue weighted by atomic mass is 10.1. The van der Waals surface area contributed by atoms with Crippen molar-refractivity contribution in [2.75, 3.05) is 20.6 Å². The summed E-state index contributed by atoms with van der Waals surface area (Å²) in [5.74, 6) is 0.912. The van der Waals surface area contributed by atoms with Gasteiger partial charge < -0.3 is 14.7 Å². The molecule has 3 aromatic rings. The second-order valence-electron chi connectivity index (χ2n) is 5.84. The number of fused-ring (bicyclic) bond motifs is 1. The smallest absolute Gasteiger partial charge is 0.252 e. The molecule has 0 amide bonds. The summed E-state index contributed by atoms with van der Waals surface area (Å²) < 4.78 is 5.49. The van der Waals surface area contributed by atoms with E-state index in [0.717, 1.165) is 22.2 Å². The fourth-order valence-corrected chi connectivity index (χ4v) is 2.69. The SMILES string of the molecule is CN(C)C(CNCc1cc2ccccc2[nH]c1=O)c1ccco1. The third kappa shape index (κ3) is 3.52. The second-order valence-corrected chi connectivity index (χ2v) is 5.84. The zero-order valence-corrected chi connectivity index (χ0v) is 13.4. The van der Waals surface area contributed by atoms with Gasteiger partial charge in [-0.15, -0.1) is 0 Å². The van der Waals surface area contributed by atoms with Crippen LogP contribution in [0.5, 0.6) is 0 Å². The largest absolute Gasteiger partial charge is 0.468 e. The number of aromatic amines is 1. The number of para-hydroxylation sites is 1. The van der Waals surface area contributed by atoms with Crippen LogP contribution < -0.4 is 10.9 Å². The van der Waals surface area contributed by atoms with E-state index < -0.39 is 0 Å². The van der Waals surface area contributed by atoms with Gasteiger partial charge in [-0.1, -0.05) is 18.2 Å². The summed E-state index contributed by atoms with van der Waals surface area (Å²) in [7, 11) is 4.02. The van der Waals surface area contributed by atoms with Crippen molar-refractivity contribution in [2.45, 2.75) is 12.6 Å². The fraction of sp³-hybridized carbons (Fsp3) is 0.278.